The molecule has 0 heterocycles. The Kier molecular flexibility index (Phi) is 4.17. The molecule has 3 nitrogen and oxygen atoms in total. The Morgan fingerprint density at radius 2 is 1.87 bits per heavy atom. The van der Waals surface area contributed by atoms with Crippen LogP contribution in [0, 0.1) is 13.8 Å². The number of benzene rings is 2. The molecule has 0 saturated heterocycles. The Morgan fingerprint density at radius 3 is 2.57 bits per heavy atom. The Balaban J connectivity index is 2.16. The first kappa shape index (κ1) is 16.0. The quantitative estimate of drug-likeness (QED) is 0.681. The van der Waals surface area contributed by atoms with E-state index in [0.717, 1.165) is 27.8 Å². The lowest BCUT2D eigenvalue weighted by atomic mass is 9.88. The zero-order valence-electron chi connectivity index (χ0n) is 12.7. The Morgan fingerprint density at radius 1 is 1.17 bits per heavy atom. The molecule has 1 unspecified atom stereocenters. The maximum absolute atomic E-state index is 12.2. The fourth-order valence-corrected chi connectivity index (χ4v) is 3.46. The van der Waals surface area contributed by atoms with E-state index in [2.05, 4.69) is 0 Å². The molecule has 0 fully saturated rings. The van der Waals surface area contributed by atoms with Crippen LogP contribution < -0.4 is 4.74 Å². The maximum atomic E-state index is 12.2. The molecule has 0 N–H and O–H groups in total. The van der Waals surface area contributed by atoms with Crippen LogP contribution in [0.2, 0.25) is 5.02 Å². The fraction of sp³-hybridized carbons (Fsp3) is 0.222. The number of hydrogen-bond acceptors (Lipinski definition) is 3. The van der Waals surface area contributed by atoms with E-state index in [0.29, 0.717) is 11.4 Å². The fourth-order valence-electron chi connectivity index (χ4n) is 3.14. The van der Waals surface area contributed by atoms with E-state index in [4.69, 9.17) is 27.9 Å². The molecule has 3 rings (SSSR count). The molecule has 2 aromatic rings. The Bertz CT molecular complexity index is 827. The molecule has 1 aliphatic carbocycles. The molecule has 118 valence electrons. The molecule has 0 spiro atoms. The monoisotopic (exact) mass is 348 g/mol. The Hall–Kier alpha value is -1.84. The number of hydrogen-bond donors (Lipinski definition) is 0. The molecular formula is C18H14Cl2O3. The summed E-state index contributed by atoms with van der Waals surface area (Å²) in [5, 5.41) is 0.359. The first-order valence-electron chi connectivity index (χ1n) is 7.19. The van der Waals surface area contributed by atoms with Gasteiger partial charge in [0.15, 0.2) is 11.5 Å². The number of carbonyl (C=O) groups is 2. The first-order chi connectivity index (χ1) is 10.9. The summed E-state index contributed by atoms with van der Waals surface area (Å²) in [5.74, 6) is 0.275. The van der Waals surface area contributed by atoms with Gasteiger partial charge in [-0.2, -0.15) is 0 Å². The smallest absolute Gasteiger partial charge is 0.409 e. The van der Waals surface area contributed by atoms with Crippen LogP contribution in [-0.2, 0) is 0 Å². The summed E-state index contributed by atoms with van der Waals surface area (Å²) >= 11 is 11.6. The van der Waals surface area contributed by atoms with E-state index in [1.807, 2.05) is 38.1 Å². The van der Waals surface area contributed by atoms with Crippen molar-refractivity contribution in [1.29, 1.82) is 0 Å². The summed E-state index contributed by atoms with van der Waals surface area (Å²) in [6.45, 7) is 3.81. The van der Waals surface area contributed by atoms with Crippen molar-refractivity contribution in [3.8, 4) is 5.75 Å². The van der Waals surface area contributed by atoms with Crippen molar-refractivity contribution in [2.75, 3.05) is 0 Å². The molecule has 0 aromatic heterocycles. The van der Waals surface area contributed by atoms with Crippen LogP contribution in [0.15, 0.2) is 30.3 Å². The molecule has 5 heteroatoms. The number of carbonyl (C=O) groups excluding carboxylic acids is 2. The minimum absolute atomic E-state index is 0.0672. The van der Waals surface area contributed by atoms with Crippen LogP contribution >= 0.6 is 23.2 Å². The van der Waals surface area contributed by atoms with Gasteiger partial charge in [-0.3, -0.25) is 4.79 Å². The van der Waals surface area contributed by atoms with Crippen molar-refractivity contribution in [2.24, 2.45) is 0 Å². The van der Waals surface area contributed by atoms with Gasteiger partial charge in [0.05, 0.1) is 5.02 Å². The number of rotatable bonds is 2. The van der Waals surface area contributed by atoms with Gasteiger partial charge in [-0.15, -0.1) is 0 Å². The van der Waals surface area contributed by atoms with Gasteiger partial charge >= 0.3 is 5.43 Å². The molecule has 2 aromatic carbocycles. The third kappa shape index (κ3) is 2.75. The Labute approximate surface area is 144 Å². The SMILES string of the molecule is Cc1c(C2CC(=O)c3ccccc32)cc(OC(=O)Cl)c(Cl)c1C. The topological polar surface area (TPSA) is 43.4 Å². The molecule has 0 aliphatic heterocycles. The van der Waals surface area contributed by atoms with Gasteiger partial charge in [0.2, 0.25) is 0 Å². The van der Waals surface area contributed by atoms with E-state index in [1.165, 1.54) is 0 Å². The van der Waals surface area contributed by atoms with Gasteiger partial charge in [0.25, 0.3) is 0 Å². The second kappa shape index (κ2) is 5.99. The van der Waals surface area contributed by atoms with E-state index >= 15 is 0 Å². The third-order valence-corrected chi connectivity index (χ3v) is 4.97. The number of fused-ring (bicyclic) bond motifs is 1. The van der Waals surface area contributed by atoms with E-state index in [-0.39, 0.29) is 17.5 Å². The summed E-state index contributed by atoms with van der Waals surface area (Å²) in [5.41, 5.74) is 3.53. The lowest BCUT2D eigenvalue weighted by Gasteiger charge is -2.19. The highest BCUT2D eigenvalue weighted by Crippen LogP contribution is 2.43. The van der Waals surface area contributed by atoms with Crippen molar-refractivity contribution in [3.63, 3.8) is 0 Å². The molecular weight excluding hydrogens is 335 g/mol. The molecule has 1 atom stereocenters. The lowest BCUT2D eigenvalue weighted by molar-refractivity contribution is 0.0991. The summed E-state index contributed by atoms with van der Waals surface area (Å²) in [4.78, 5) is 23.3. The average molecular weight is 349 g/mol. The predicted molar refractivity (Wildman–Crippen MR) is 90.0 cm³/mol. The molecule has 0 bridgehead atoms. The molecule has 0 amide bonds. The van der Waals surface area contributed by atoms with Crippen LogP contribution in [0.4, 0.5) is 4.79 Å². The highest BCUT2D eigenvalue weighted by atomic mass is 35.5. The van der Waals surface area contributed by atoms with Crippen LogP contribution in [0.3, 0.4) is 0 Å². The molecule has 1 aliphatic rings. The van der Waals surface area contributed by atoms with Crippen LogP contribution in [-0.4, -0.2) is 11.2 Å². The highest BCUT2D eigenvalue weighted by molar-refractivity contribution is 6.61. The van der Waals surface area contributed by atoms with Gasteiger partial charge in [0.1, 0.15) is 0 Å². The summed E-state index contributed by atoms with van der Waals surface area (Å²) in [6, 6.07) is 9.30. The first-order valence-corrected chi connectivity index (χ1v) is 7.94. The van der Waals surface area contributed by atoms with Gasteiger partial charge in [-0.25, -0.2) is 4.79 Å². The maximum Gasteiger partial charge on any atom is 0.409 e. The number of ketones is 1. The van der Waals surface area contributed by atoms with Crippen LogP contribution in [0.1, 0.15) is 45.0 Å². The van der Waals surface area contributed by atoms with E-state index < -0.39 is 5.43 Å². The number of ether oxygens (including phenoxy) is 1. The molecule has 0 radical (unpaired) electrons. The van der Waals surface area contributed by atoms with Crippen molar-refractivity contribution >= 4 is 34.4 Å². The van der Waals surface area contributed by atoms with Gasteiger partial charge < -0.3 is 4.74 Å². The molecule has 23 heavy (non-hydrogen) atoms. The summed E-state index contributed by atoms with van der Waals surface area (Å²) in [6.07, 6.45) is 0.398. The zero-order chi connectivity index (χ0) is 16.7. The lowest BCUT2D eigenvalue weighted by Crippen LogP contribution is -2.05. The standard InChI is InChI=1S/C18H14Cl2O3/c1-9-10(2)17(19)16(23-18(20)22)8-13(9)14-7-15(21)12-6-4-3-5-11(12)14/h3-6,8,14H,7H2,1-2H3. The normalized spacial score (nSPS) is 16.3. The summed E-state index contributed by atoms with van der Waals surface area (Å²) in [7, 11) is 0. The summed E-state index contributed by atoms with van der Waals surface area (Å²) < 4.78 is 5.01. The van der Waals surface area contributed by atoms with Crippen LogP contribution in [0.5, 0.6) is 5.75 Å². The van der Waals surface area contributed by atoms with Crippen molar-refractivity contribution < 1.29 is 14.3 Å². The van der Waals surface area contributed by atoms with Gasteiger partial charge in [-0.1, -0.05) is 35.9 Å². The largest absolute Gasteiger partial charge is 0.413 e. The van der Waals surface area contributed by atoms with E-state index in [9.17, 15) is 9.59 Å². The van der Waals surface area contributed by atoms with E-state index in [1.54, 1.807) is 6.07 Å². The van der Waals surface area contributed by atoms with Crippen molar-refractivity contribution in [2.45, 2.75) is 26.2 Å². The predicted octanol–water partition coefficient (Wildman–Crippen LogP) is 5.41. The van der Waals surface area contributed by atoms with Gasteiger partial charge in [-0.05, 0) is 42.2 Å². The zero-order valence-corrected chi connectivity index (χ0v) is 14.2. The second-order valence-corrected chi connectivity index (χ2v) is 6.32. The second-order valence-electron chi connectivity index (χ2n) is 5.63. The van der Waals surface area contributed by atoms with Crippen LogP contribution in [0.25, 0.3) is 0 Å². The molecule has 0 saturated carbocycles. The number of Topliss-reactive ketones (excluding diaryl/α,β-unsaturated/α-hetero) is 1. The third-order valence-electron chi connectivity index (χ3n) is 4.42. The minimum atomic E-state index is -0.941. The minimum Gasteiger partial charge on any atom is -0.413 e. The van der Waals surface area contributed by atoms with Crippen molar-refractivity contribution in [3.05, 3.63) is 63.2 Å². The number of halogens is 2. The van der Waals surface area contributed by atoms with Crippen molar-refractivity contribution in [1.82, 2.24) is 0 Å². The highest BCUT2D eigenvalue weighted by Gasteiger charge is 2.32. The van der Waals surface area contributed by atoms with Gasteiger partial charge in [0, 0.05) is 29.5 Å². The average Bonchev–Trinajstić information content (AvgIpc) is 2.85.